The third-order valence-corrected chi connectivity index (χ3v) is 2.46. The fourth-order valence-corrected chi connectivity index (χ4v) is 1.40. The van der Waals surface area contributed by atoms with Gasteiger partial charge in [-0.15, -0.1) is 0 Å². The highest BCUT2D eigenvalue weighted by Gasteiger charge is 2.10. The summed E-state index contributed by atoms with van der Waals surface area (Å²) in [6.45, 7) is 12.2. The Kier molecular flexibility index (Phi) is 5.42. The van der Waals surface area contributed by atoms with Gasteiger partial charge in [-0.3, -0.25) is 4.79 Å². The molecule has 0 aromatic heterocycles. The summed E-state index contributed by atoms with van der Waals surface area (Å²) < 4.78 is 5.04. The third-order valence-electron chi connectivity index (χ3n) is 2.46. The van der Waals surface area contributed by atoms with E-state index < -0.39 is 5.97 Å². The van der Waals surface area contributed by atoms with E-state index in [0.717, 1.165) is 0 Å². The molecular weight excluding hydrogens is 252 g/mol. The maximum atomic E-state index is 12.1. The van der Waals surface area contributed by atoms with Crippen LogP contribution < -0.4 is 4.74 Å². The second-order valence-corrected chi connectivity index (χ2v) is 4.09. The zero-order valence-electron chi connectivity index (χ0n) is 11.4. The first-order valence-electron chi connectivity index (χ1n) is 5.97. The van der Waals surface area contributed by atoms with Crippen molar-refractivity contribution in [2.24, 2.45) is 0 Å². The smallest absolute Gasteiger partial charge is 0.338 e. The van der Waals surface area contributed by atoms with Crippen LogP contribution in [0.4, 0.5) is 0 Å². The van der Waals surface area contributed by atoms with Crippen molar-refractivity contribution < 1.29 is 14.3 Å². The minimum Gasteiger partial charge on any atom is -0.423 e. The van der Waals surface area contributed by atoms with Gasteiger partial charge in [0.2, 0.25) is 0 Å². The number of esters is 1. The molecule has 102 valence electrons. The average molecular weight is 268 g/mol. The lowest BCUT2D eigenvalue weighted by Gasteiger charge is -2.05. The lowest BCUT2D eigenvalue weighted by molar-refractivity contribution is -0.130. The summed E-state index contributed by atoms with van der Waals surface area (Å²) in [4.78, 5) is 23.4. The van der Waals surface area contributed by atoms with Crippen molar-refractivity contribution in [2.75, 3.05) is 0 Å². The molecule has 0 aliphatic rings. The molecule has 1 aromatic carbocycles. The van der Waals surface area contributed by atoms with Crippen molar-refractivity contribution in [3.8, 4) is 5.75 Å². The molecule has 1 rings (SSSR count). The Morgan fingerprint density at radius 2 is 1.75 bits per heavy atom. The van der Waals surface area contributed by atoms with E-state index in [1.807, 2.05) is 0 Å². The maximum Gasteiger partial charge on any atom is 0.338 e. The van der Waals surface area contributed by atoms with Gasteiger partial charge in [-0.25, -0.2) is 4.79 Å². The number of carbonyl (C=O) groups excluding carboxylic acids is 2. The number of Topliss-reactive ketones (excluding diaryl/α,β-unsaturated/α-hetero) is 1. The minimum absolute atomic E-state index is 0.169. The van der Waals surface area contributed by atoms with Crippen LogP contribution in [0.1, 0.15) is 17.3 Å². The van der Waals surface area contributed by atoms with Crippen molar-refractivity contribution in [2.45, 2.75) is 6.92 Å². The van der Waals surface area contributed by atoms with Gasteiger partial charge in [0.1, 0.15) is 5.75 Å². The van der Waals surface area contributed by atoms with Crippen LogP contribution >= 0.6 is 0 Å². The summed E-state index contributed by atoms with van der Waals surface area (Å²) in [6, 6.07) is 6.29. The summed E-state index contributed by atoms with van der Waals surface area (Å²) in [7, 11) is 0. The Bertz CT molecular complexity index is 589. The zero-order valence-corrected chi connectivity index (χ0v) is 11.4. The van der Waals surface area contributed by atoms with Gasteiger partial charge in [0.15, 0.2) is 5.78 Å². The predicted molar refractivity (Wildman–Crippen MR) is 79.7 cm³/mol. The summed E-state index contributed by atoms with van der Waals surface area (Å²) in [5, 5.41) is 0. The van der Waals surface area contributed by atoms with Crippen molar-refractivity contribution in [1.82, 2.24) is 0 Å². The van der Waals surface area contributed by atoms with Crippen LogP contribution in [0.15, 0.2) is 73.4 Å². The molecule has 0 aliphatic carbocycles. The highest BCUT2D eigenvalue weighted by Crippen LogP contribution is 2.16. The second-order valence-electron chi connectivity index (χ2n) is 4.09. The van der Waals surface area contributed by atoms with E-state index in [-0.39, 0.29) is 5.78 Å². The topological polar surface area (TPSA) is 43.4 Å². The number of ether oxygens (including phenoxy) is 1. The molecule has 0 bridgehead atoms. The fourth-order valence-electron chi connectivity index (χ4n) is 1.40. The van der Waals surface area contributed by atoms with Gasteiger partial charge in [-0.2, -0.15) is 0 Å². The van der Waals surface area contributed by atoms with Gasteiger partial charge < -0.3 is 4.74 Å². The first-order chi connectivity index (χ1) is 9.49. The quantitative estimate of drug-likeness (QED) is 0.260. The fraction of sp³-hybridized carbons (Fsp3) is 0.0588. The number of rotatable bonds is 6. The summed E-state index contributed by atoms with van der Waals surface area (Å²) in [5.41, 5.74) is 1.24. The average Bonchev–Trinajstić information content (AvgIpc) is 2.44. The molecule has 0 N–H and O–H groups in total. The number of ketones is 1. The number of hydrogen-bond donors (Lipinski definition) is 0. The van der Waals surface area contributed by atoms with Gasteiger partial charge in [0.25, 0.3) is 0 Å². The first-order valence-corrected chi connectivity index (χ1v) is 5.97. The van der Waals surface area contributed by atoms with Gasteiger partial charge in [-0.05, 0) is 31.2 Å². The first kappa shape index (κ1) is 15.4. The normalized spacial score (nSPS) is 10.6. The third kappa shape index (κ3) is 3.92. The maximum absolute atomic E-state index is 12.1. The summed E-state index contributed by atoms with van der Waals surface area (Å²) in [6.07, 6.45) is 4.58. The van der Waals surface area contributed by atoms with Crippen LogP contribution in [-0.4, -0.2) is 11.8 Å². The number of benzene rings is 1. The second kappa shape index (κ2) is 7.04. The molecule has 0 fully saturated rings. The number of hydrogen-bond acceptors (Lipinski definition) is 3. The van der Waals surface area contributed by atoms with E-state index in [1.54, 1.807) is 37.3 Å². The molecule has 0 heterocycles. The molecule has 0 amide bonds. The molecule has 0 saturated heterocycles. The lowest BCUT2D eigenvalue weighted by atomic mass is 10.0. The van der Waals surface area contributed by atoms with Crippen LogP contribution in [0.5, 0.6) is 5.75 Å². The van der Waals surface area contributed by atoms with Crippen LogP contribution in [0.3, 0.4) is 0 Å². The molecule has 1 aromatic rings. The number of allylic oxidation sites excluding steroid dienone is 4. The largest absolute Gasteiger partial charge is 0.423 e. The molecule has 3 nitrogen and oxygen atoms in total. The standard InChI is InChI=1S/C17H16O3/c1-5-7-13(6-2)16(18)14-8-10-15(11-9-14)20-17(19)12(3)4/h5-11H,1-3H2,4H3/b13-7+. The van der Waals surface area contributed by atoms with Crippen LogP contribution in [-0.2, 0) is 4.79 Å². The van der Waals surface area contributed by atoms with E-state index in [4.69, 9.17) is 4.74 Å². The van der Waals surface area contributed by atoms with E-state index in [1.165, 1.54) is 12.2 Å². The highest BCUT2D eigenvalue weighted by molar-refractivity contribution is 6.10. The molecule has 0 saturated carbocycles. The Hall–Kier alpha value is -2.68. The Labute approximate surface area is 118 Å². The monoisotopic (exact) mass is 268 g/mol. The number of carbonyl (C=O) groups is 2. The van der Waals surface area contributed by atoms with Crippen molar-refractivity contribution in [1.29, 1.82) is 0 Å². The minimum atomic E-state index is -0.498. The molecule has 0 aliphatic heterocycles. The van der Waals surface area contributed by atoms with E-state index in [0.29, 0.717) is 22.5 Å². The highest BCUT2D eigenvalue weighted by atomic mass is 16.5. The molecular formula is C17H16O3. The molecule has 0 spiro atoms. The van der Waals surface area contributed by atoms with E-state index in [2.05, 4.69) is 19.7 Å². The molecule has 3 heteroatoms. The van der Waals surface area contributed by atoms with Gasteiger partial charge in [0.05, 0.1) is 0 Å². The molecule has 0 atom stereocenters. The zero-order chi connectivity index (χ0) is 15.1. The van der Waals surface area contributed by atoms with Crippen molar-refractivity contribution in [3.63, 3.8) is 0 Å². The van der Waals surface area contributed by atoms with Crippen LogP contribution in [0.25, 0.3) is 0 Å². The van der Waals surface area contributed by atoms with Gasteiger partial charge in [-0.1, -0.05) is 38.0 Å². The van der Waals surface area contributed by atoms with E-state index >= 15 is 0 Å². The molecule has 0 radical (unpaired) electrons. The van der Waals surface area contributed by atoms with Gasteiger partial charge in [0, 0.05) is 16.7 Å². The summed E-state index contributed by atoms with van der Waals surface area (Å²) >= 11 is 0. The van der Waals surface area contributed by atoms with Crippen molar-refractivity contribution >= 4 is 11.8 Å². The molecule has 0 unspecified atom stereocenters. The van der Waals surface area contributed by atoms with Crippen molar-refractivity contribution in [3.05, 3.63) is 78.9 Å². The Morgan fingerprint density at radius 3 is 2.20 bits per heavy atom. The predicted octanol–water partition coefficient (Wildman–Crippen LogP) is 3.65. The Balaban J connectivity index is 2.91. The SMILES string of the molecule is C=C/C=C(\C=C)C(=O)c1ccc(OC(=O)C(=C)C)cc1. The van der Waals surface area contributed by atoms with Gasteiger partial charge >= 0.3 is 5.97 Å². The Morgan fingerprint density at radius 1 is 1.15 bits per heavy atom. The summed E-state index contributed by atoms with van der Waals surface area (Å²) in [5.74, 6) is -0.303. The van der Waals surface area contributed by atoms with E-state index in [9.17, 15) is 9.59 Å². The van der Waals surface area contributed by atoms with Crippen LogP contribution in [0, 0.1) is 0 Å². The molecule has 20 heavy (non-hydrogen) atoms. The lowest BCUT2D eigenvalue weighted by Crippen LogP contribution is -2.08. The van der Waals surface area contributed by atoms with Crippen LogP contribution in [0.2, 0.25) is 0 Å².